The van der Waals surface area contributed by atoms with Crippen LogP contribution in [0.15, 0.2) is 83.5 Å². The maximum atomic E-state index is 13.3. The molecule has 3 aromatic carbocycles. The Labute approximate surface area is 213 Å². The highest BCUT2D eigenvalue weighted by Gasteiger charge is 2.32. The van der Waals surface area contributed by atoms with E-state index in [-0.39, 0.29) is 28.2 Å². The third kappa shape index (κ3) is 5.00. The quantitative estimate of drug-likeness (QED) is 0.113. The summed E-state index contributed by atoms with van der Waals surface area (Å²) in [5.74, 6) is 2.06. The third-order valence-electron chi connectivity index (χ3n) is 5.82. The predicted molar refractivity (Wildman–Crippen MR) is 138 cm³/mol. The van der Waals surface area contributed by atoms with Crippen molar-refractivity contribution in [1.82, 2.24) is 5.43 Å². The van der Waals surface area contributed by atoms with Gasteiger partial charge in [-0.3, -0.25) is 10.2 Å². The van der Waals surface area contributed by atoms with Crippen LogP contribution >= 0.6 is 0 Å². The molecule has 1 amide bonds. The van der Waals surface area contributed by atoms with Crippen molar-refractivity contribution in [2.45, 2.75) is 26.2 Å². The van der Waals surface area contributed by atoms with Crippen molar-refractivity contribution < 1.29 is 28.6 Å². The second-order valence-corrected chi connectivity index (χ2v) is 9.37. The van der Waals surface area contributed by atoms with Crippen LogP contribution in [-0.4, -0.2) is 23.0 Å². The maximum Gasteiger partial charge on any atom is 0.382 e. The number of hydrogen-bond donors (Lipinski definition) is 3. The molecular weight excluding hydrogens is 472 g/mol. The molecule has 1 heterocycles. The summed E-state index contributed by atoms with van der Waals surface area (Å²) in [6.45, 7) is 5.28. The number of hydrazine groups is 1. The van der Waals surface area contributed by atoms with E-state index in [1.165, 1.54) is 18.4 Å². The van der Waals surface area contributed by atoms with Gasteiger partial charge in [0.15, 0.2) is 0 Å². The Hall–Kier alpha value is -4.69. The molecule has 8 nitrogen and oxygen atoms in total. The minimum Gasteiger partial charge on any atom is -0.508 e. The summed E-state index contributed by atoms with van der Waals surface area (Å²) in [5.41, 5.74) is 3.65. The number of aromatic hydroxyl groups is 1. The molecule has 0 aliphatic heterocycles. The van der Waals surface area contributed by atoms with E-state index < -0.39 is 23.3 Å². The van der Waals surface area contributed by atoms with Crippen molar-refractivity contribution in [2.24, 2.45) is 5.84 Å². The number of furan rings is 1. The first-order valence-corrected chi connectivity index (χ1v) is 11.5. The van der Waals surface area contributed by atoms with E-state index in [4.69, 9.17) is 15.0 Å². The molecular formula is C29H26N2O6. The molecule has 4 aromatic rings. The van der Waals surface area contributed by atoms with E-state index >= 15 is 0 Å². The number of ether oxygens (including phenoxy) is 1. The molecule has 0 radical (unpaired) electrons. The van der Waals surface area contributed by atoms with Crippen LogP contribution in [0.5, 0.6) is 5.75 Å². The van der Waals surface area contributed by atoms with Crippen LogP contribution in [0.4, 0.5) is 0 Å². The Morgan fingerprint density at radius 1 is 0.865 bits per heavy atom. The molecule has 0 saturated heterocycles. The number of rotatable bonds is 5. The van der Waals surface area contributed by atoms with Gasteiger partial charge in [0.25, 0.3) is 5.91 Å². The number of amides is 1. The molecule has 0 spiro atoms. The van der Waals surface area contributed by atoms with E-state index in [0.717, 1.165) is 5.56 Å². The highest BCUT2D eigenvalue weighted by Crippen LogP contribution is 2.38. The molecule has 4 rings (SSSR count). The fourth-order valence-corrected chi connectivity index (χ4v) is 4.24. The standard InChI is InChI=1S/C29H26N2O6/c1-29(2,3)24-21(32)15-14-19(23(24)26(33)31-30)27(34)37-28(35)25-22(18-12-8-5-9-13-18)20(16-36-25)17-10-6-4-7-11-17/h4-16,32H,30H2,1-3H3,(H,31,33). The fourth-order valence-electron chi connectivity index (χ4n) is 4.24. The van der Waals surface area contributed by atoms with Gasteiger partial charge in [0, 0.05) is 16.7 Å². The molecule has 0 atom stereocenters. The first-order valence-electron chi connectivity index (χ1n) is 11.5. The smallest absolute Gasteiger partial charge is 0.382 e. The van der Waals surface area contributed by atoms with Crippen LogP contribution in [0.1, 0.15) is 57.6 Å². The lowest BCUT2D eigenvalue weighted by Gasteiger charge is -2.24. The average Bonchev–Trinajstić information content (AvgIpc) is 3.33. The van der Waals surface area contributed by atoms with Crippen molar-refractivity contribution in [1.29, 1.82) is 0 Å². The summed E-state index contributed by atoms with van der Waals surface area (Å²) in [7, 11) is 0. The second-order valence-electron chi connectivity index (χ2n) is 9.37. The summed E-state index contributed by atoms with van der Waals surface area (Å²) in [5, 5.41) is 10.5. The molecule has 0 bridgehead atoms. The molecule has 4 N–H and O–H groups in total. The first kappa shape index (κ1) is 25.4. The zero-order valence-electron chi connectivity index (χ0n) is 20.6. The highest BCUT2D eigenvalue weighted by atomic mass is 16.6. The van der Waals surface area contributed by atoms with Crippen LogP contribution in [0.3, 0.4) is 0 Å². The average molecular weight is 499 g/mol. The van der Waals surface area contributed by atoms with E-state index in [1.54, 1.807) is 20.8 Å². The van der Waals surface area contributed by atoms with Gasteiger partial charge >= 0.3 is 11.9 Å². The maximum absolute atomic E-state index is 13.3. The largest absolute Gasteiger partial charge is 0.508 e. The van der Waals surface area contributed by atoms with Gasteiger partial charge in [0.2, 0.25) is 5.76 Å². The Morgan fingerprint density at radius 3 is 2.03 bits per heavy atom. The van der Waals surface area contributed by atoms with Crippen LogP contribution in [0.25, 0.3) is 22.3 Å². The monoisotopic (exact) mass is 498 g/mol. The van der Waals surface area contributed by atoms with E-state index in [1.807, 2.05) is 66.1 Å². The second kappa shape index (κ2) is 10.1. The number of carbonyl (C=O) groups excluding carboxylic acids is 3. The Bertz CT molecular complexity index is 1470. The number of nitrogens with one attached hydrogen (secondary N) is 1. The summed E-state index contributed by atoms with van der Waals surface area (Å²) in [4.78, 5) is 39.1. The molecule has 0 saturated carbocycles. The molecule has 37 heavy (non-hydrogen) atoms. The van der Waals surface area contributed by atoms with E-state index in [0.29, 0.717) is 16.7 Å². The van der Waals surface area contributed by atoms with Crippen molar-refractivity contribution in [3.63, 3.8) is 0 Å². The summed E-state index contributed by atoms with van der Waals surface area (Å²) < 4.78 is 10.8. The molecule has 0 unspecified atom stereocenters. The zero-order valence-corrected chi connectivity index (χ0v) is 20.6. The summed E-state index contributed by atoms with van der Waals surface area (Å²) in [6.07, 6.45) is 1.43. The Kier molecular flexibility index (Phi) is 6.95. The number of phenols is 1. The minimum atomic E-state index is -1.09. The molecule has 0 aliphatic carbocycles. The van der Waals surface area contributed by atoms with Gasteiger partial charge < -0.3 is 14.3 Å². The lowest BCUT2D eigenvalue weighted by Crippen LogP contribution is -2.34. The highest BCUT2D eigenvalue weighted by molar-refractivity contribution is 6.11. The van der Waals surface area contributed by atoms with Crippen molar-refractivity contribution in [3.8, 4) is 28.0 Å². The van der Waals surface area contributed by atoms with Crippen molar-refractivity contribution >= 4 is 17.8 Å². The molecule has 188 valence electrons. The predicted octanol–water partition coefficient (Wildman–Crippen LogP) is 5.22. The molecule has 8 heteroatoms. The number of phenolic OH excluding ortho intramolecular Hbond substituents is 1. The van der Waals surface area contributed by atoms with Crippen LogP contribution in [0.2, 0.25) is 0 Å². The van der Waals surface area contributed by atoms with Crippen molar-refractivity contribution in [2.75, 3.05) is 0 Å². The third-order valence-corrected chi connectivity index (χ3v) is 5.82. The van der Waals surface area contributed by atoms with Gasteiger partial charge in [-0.1, -0.05) is 81.4 Å². The van der Waals surface area contributed by atoms with E-state index in [2.05, 4.69) is 0 Å². The van der Waals surface area contributed by atoms with Crippen LogP contribution in [-0.2, 0) is 10.2 Å². The van der Waals surface area contributed by atoms with Crippen LogP contribution < -0.4 is 11.3 Å². The lowest BCUT2D eigenvalue weighted by atomic mass is 9.81. The topological polar surface area (TPSA) is 132 Å². The van der Waals surface area contributed by atoms with Crippen molar-refractivity contribution in [3.05, 3.63) is 102 Å². The SMILES string of the molecule is CC(C)(C)c1c(O)ccc(C(=O)OC(=O)c2occ(-c3ccccc3)c2-c2ccccc2)c1C(=O)NN. The lowest BCUT2D eigenvalue weighted by molar-refractivity contribution is 0.0374. The molecule has 0 fully saturated rings. The van der Waals surface area contributed by atoms with E-state index in [9.17, 15) is 19.5 Å². The number of benzene rings is 3. The Morgan fingerprint density at radius 2 is 1.46 bits per heavy atom. The van der Waals surface area contributed by atoms with Gasteiger partial charge in [0.1, 0.15) is 12.0 Å². The number of carbonyl (C=O) groups is 3. The van der Waals surface area contributed by atoms with Gasteiger partial charge in [-0.2, -0.15) is 0 Å². The van der Waals surface area contributed by atoms with Crippen LogP contribution in [0, 0.1) is 0 Å². The Balaban J connectivity index is 1.78. The fraction of sp³-hybridized carbons (Fsp3) is 0.138. The van der Waals surface area contributed by atoms with Gasteiger partial charge in [0.05, 0.1) is 11.1 Å². The zero-order chi connectivity index (χ0) is 26.7. The normalized spacial score (nSPS) is 11.1. The summed E-state index contributed by atoms with van der Waals surface area (Å²) in [6, 6.07) is 20.9. The summed E-state index contributed by atoms with van der Waals surface area (Å²) >= 11 is 0. The minimum absolute atomic E-state index is 0.168. The number of esters is 2. The number of nitrogen functional groups attached to an aromatic ring is 1. The number of nitrogens with two attached hydrogens (primary N) is 1. The van der Waals surface area contributed by atoms with Gasteiger partial charge in [-0.15, -0.1) is 0 Å². The van der Waals surface area contributed by atoms with Gasteiger partial charge in [-0.25, -0.2) is 15.4 Å². The number of hydrogen-bond acceptors (Lipinski definition) is 7. The molecule has 0 aliphatic rings. The van der Waals surface area contributed by atoms with Gasteiger partial charge in [-0.05, 0) is 28.7 Å². The molecule has 1 aromatic heterocycles. The first-order chi connectivity index (χ1) is 17.6.